The van der Waals surface area contributed by atoms with Gasteiger partial charge in [-0.3, -0.25) is 4.79 Å². The van der Waals surface area contributed by atoms with Crippen LogP contribution in [-0.4, -0.2) is 60.2 Å². The standard InChI is InChI=1S/C20H30N4O2/c1-15(2)12-19(25)24-9-7-17-18(8-10-24)21-14-22-20(17)23(3)13-16-6-4-5-11-26-16/h12,14,16H,4-11,13H2,1-3H3/t16-/m0/s1. The maximum absolute atomic E-state index is 12.4. The van der Waals surface area contributed by atoms with Gasteiger partial charge in [-0.25, -0.2) is 9.97 Å². The van der Waals surface area contributed by atoms with Gasteiger partial charge in [-0.15, -0.1) is 0 Å². The van der Waals surface area contributed by atoms with Gasteiger partial charge in [-0.05, 0) is 39.5 Å². The molecule has 0 aromatic carbocycles. The molecule has 1 fully saturated rings. The predicted molar refractivity (Wildman–Crippen MR) is 102 cm³/mol. The SMILES string of the molecule is CC(C)=CC(=O)N1CCc2ncnc(N(C)C[C@@H]3CCCCO3)c2CC1. The lowest BCUT2D eigenvalue weighted by Crippen LogP contribution is -2.34. The Morgan fingerprint density at radius 2 is 2.12 bits per heavy atom. The van der Waals surface area contributed by atoms with Crippen molar-refractivity contribution in [3.05, 3.63) is 29.2 Å². The van der Waals surface area contributed by atoms with Crippen molar-refractivity contribution in [2.24, 2.45) is 0 Å². The van der Waals surface area contributed by atoms with E-state index in [-0.39, 0.29) is 12.0 Å². The van der Waals surface area contributed by atoms with Crippen molar-refractivity contribution in [1.29, 1.82) is 0 Å². The first-order valence-corrected chi connectivity index (χ1v) is 9.64. The van der Waals surface area contributed by atoms with Crippen LogP contribution in [0.4, 0.5) is 5.82 Å². The predicted octanol–water partition coefficient (Wildman–Crippen LogP) is 2.38. The molecule has 0 unspecified atom stereocenters. The number of rotatable bonds is 4. The van der Waals surface area contributed by atoms with Crippen molar-refractivity contribution in [2.75, 3.05) is 38.2 Å². The van der Waals surface area contributed by atoms with E-state index in [1.165, 1.54) is 18.4 Å². The molecular formula is C20H30N4O2. The lowest BCUT2D eigenvalue weighted by Gasteiger charge is -2.29. The maximum atomic E-state index is 12.4. The third-order valence-electron chi connectivity index (χ3n) is 5.10. The summed E-state index contributed by atoms with van der Waals surface area (Å²) >= 11 is 0. The van der Waals surface area contributed by atoms with Crippen LogP contribution in [-0.2, 0) is 22.4 Å². The Kier molecular flexibility index (Phi) is 6.25. The fourth-order valence-electron chi connectivity index (χ4n) is 3.74. The van der Waals surface area contributed by atoms with Crippen molar-refractivity contribution >= 4 is 11.7 Å². The number of anilines is 1. The van der Waals surface area contributed by atoms with E-state index >= 15 is 0 Å². The molecule has 0 radical (unpaired) electrons. The van der Waals surface area contributed by atoms with Crippen LogP contribution in [0.3, 0.4) is 0 Å². The van der Waals surface area contributed by atoms with Gasteiger partial charge in [0, 0.05) is 51.3 Å². The van der Waals surface area contributed by atoms with Crippen LogP contribution >= 0.6 is 0 Å². The third kappa shape index (κ3) is 4.61. The summed E-state index contributed by atoms with van der Waals surface area (Å²) in [5.74, 6) is 1.08. The highest BCUT2D eigenvalue weighted by molar-refractivity contribution is 5.88. The monoisotopic (exact) mass is 358 g/mol. The average Bonchev–Trinajstić information content (AvgIpc) is 2.84. The third-order valence-corrected chi connectivity index (χ3v) is 5.10. The molecule has 0 aliphatic carbocycles. The molecule has 2 aliphatic rings. The second-order valence-electron chi connectivity index (χ2n) is 7.54. The van der Waals surface area contributed by atoms with Crippen LogP contribution in [0.2, 0.25) is 0 Å². The number of fused-ring (bicyclic) bond motifs is 1. The van der Waals surface area contributed by atoms with Crippen LogP contribution in [0.1, 0.15) is 44.4 Å². The Labute approximate surface area is 156 Å². The summed E-state index contributed by atoms with van der Waals surface area (Å²) in [6.45, 7) is 7.05. The molecule has 26 heavy (non-hydrogen) atoms. The molecule has 6 heteroatoms. The minimum atomic E-state index is 0.0938. The summed E-state index contributed by atoms with van der Waals surface area (Å²) in [6, 6.07) is 0. The molecule has 0 saturated carbocycles. The Bertz CT molecular complexity index is 664. The van der Waals surface area contributed by atoms with Gasteiger partial charge >= 0.3 is 0 Å². The zero-order valence-electron chi connectivity index (χ0n) is 16.2. The highest BCUT2D eigenvalue weighted by atomic mass is 16.5. The molecule has 1 aromatic heterocycles. The zero-order chi connectivity index (χ0) is 18.5. The van der Waals surface area contributed by atoms with Crippen LogP contribution in [0.25, 0.3) is 0 Å². The second kappa shape index (κ2) is 8.62. The molecule has 142 valence electrons. The van der Waals surface area contributed by atoms with Crippen LogP contribution < -0.4 is 4.90 Å². The number of likely N-dealkylation sites (N-methyl/N-ethyl adjacent to an activating group) is 1. The molecule has 1 aromatic rings. The van der Waals surface area contributed by atoms with Crippen molar-refractivity contribution in [1.82, 2.24) is 14.9 Å². The van der Waals surface area contributed by atoms with Crippen molar-refractivity contribution in [3.63, 3.8) is 0 Å². The summed E-state index contributed by atoms with van der Waals surface area (Å²) in [5.41, 5.74) is 3.28. The molecular weight excluding hydrogens is 328 g/mol. The van der Waals surface area contributed by atoms with Crippen LogP contribution in [0, 0.1) is 0 Å². The molecule has 0 spiro atoms. The molecule has 3 rings (SSSR count). The van der Waals surface area contributed by atoms with Gasteiger partial charge in [0.15, 0.2) is 0 Å². The van der Waals surface area contributed by atoms with Gasteiger partial charge in [0.2, 0.25) is 5.91 Å². The van der Waals surface area contributed by atoms with Gasteiger partial charge < -0.3 is 14.5 Å². The number of nitrogens with zero attached hydrogens (tertiary/aromatic N) is 4. The molecule has 3 heterocycles. The number of carbonyl (C=O) groups excluding carboxylic acids is 1. The maximum Gasteiger partial charge on any atom is 0.246 e. The van der Waals surface area contributed by atoms with E-state index in [1.54, 1.807) is 12.4 Å². The fraction of sp³-hybridized carbons (Fsp3) is 0.650. The second-order valence-corrected chi connectivity index (χ2v) is 7.54. The number of carbonyl (C=O) groups is 1. The number of hydrogen-bond acceptors (Lipinski definition) is 5. The number of amides is 1. The van der Waals surface area contributed by atoms with E-state index in [9.17, 15) is 4.79 Å². The van der Waals surface area contributed by atoms with Crippen LogP contribution in [0.5, 0.6) is 0 Å². The van der Waals surface area contributed by atoms with Gasteiger partial charge in [-0.2, -0.15) is 0 Å². The number of aromatic nitrogens is 2. The Balaban J connectivity index is 1.72. The molecule has 1 amide bonds. The highest BCUT2D eigenvalue weighted by Crippen LogP contribution is 2.24. The first kappa shape index (κ1) is 18.8. The quantitative estimate of drug-likeness (QED) is 0.774. The van der Waals surface area contributed by atoms with Gasteiger partial charge in [-0.1, -0.05) is 5.57 Å². The van der Waals surface area contributed by atoms with Crippen molar-refractivity contribution < 1.29 is 9.53 Å². The summed E-state index contributed by atoms with van der Waals surface area (Å²) in [6.07, 6.45) is 8.74. The summed E-state index contributed by atoms with van der Waals surface area (Å²) in [5, 5.41) is 0. The Morgan fingerprint density at radius 1 is 1.31 bits per heavy atom. The summed E-state index contributed by atoms with van der Waals surface area (Å²) < 4.78 is 5.88. The molecule has 0 N–H and O–H groups in total. The fourth-order valence-corrected chi connectivity index (χ4v) is 3.74. The largest absolute Gasteiger partial charge is 0.376 e. The molecule has 1 saturated heterocycles. The first-order chi connectivity index (χ1) is 12.5. The minimum absolute atomic E-state index is 0.0938. The van der Waals surface area contributed by atoms with Crippen molar-refractivity contribution in [2.45, 2.75) is 52.1 Å². The highest BCUT2D eigenvalue weighted by Gasteiger charge is 2.24. The van der Waals surface area contributed by atoms with Gasteiger partial charge in [0.05, 0.1) is 11.8 Å². The summed E-state index contributed by atoms with van der Waals surface area (Å²) in [7, 11) is 2.08. The molecule has 1 atom stereocenters. The van der Waals surface area contributed by atoms with E-state index in [4.69, 9.17) is 4.74 Å². The summed E-state index contributed by atoms with van der Waals surface area (Å²) in [4.78, 5) is 25.6. The minimum Gasteiger partial charge on any atom is -0.376 e. The lowest BCUT2D eigenvalue weighted by atomic mass is 10.1. The number of hydrogen-bond donors (Lipinski definition) is 0. The molecule has 6 nitrogen and oxygen atoms in total. The lowest BCUT2D eigenvalue weighted by molar-refractivity contribution is -0.126. The van der Waals surface area contributed by atoms with E-state index in [2.05, 4.69) is 21.9 Å². The topological polar surface area (TPSA) is 58.6 Å². The Morgan fingerprint density at radius 3 is 2.85 bits per heavy atom. The van der Waals surface area contributed by atoms with E-state index in [1.807, 2.05) is 18.7 Å². The van der Waals surface area contributed by atoms with E-state index < -0.39 is 0 Å². The van der Waals surface area contributed by atoms with Gasteiger partial charge in [0.1, 0.15) is 12.1 Å². The van der Waals surface area contributed by atoms with Crippen molar-refractivity contribution in [3.8, 4) is 0 Å². The Hall–Kier alpha value is -1.95. The van der Waals surface area contributed by atoms with E-state index in [0.717, 1.165) is 49.5 Å². The molecule has 0 bridgehead atoms. The normalized spacial score (nSPS) is 20.1. The first-order valence-electron chi connectivity index (χ1n) is 9.64. The zero-order valence-corrected chi connectivity index (χ0v) is 16.2. The van der Waals surface area contributed by atoms with Gasteiger partial charge in [0.25, 0.3) is 0 Å². The van der Waals surface area contributed by atoms with E-state index in [0.29, 0.717) is 13.1 Å². The number of ether oxygens (including phenoxy) is 1. The molecule has 2 aliphatic heterocycles. The van der Waals surface area contributed by atoms with Crippen LogP contribution in [0.15, 0.2) is 18.0 Å². The number of allylic oxidation sites excluding steroid dienone is 1. The smallest absolute Gasteiger partial charge is 0.246 e. The average molecular weight is 358 g/mol.